The molecule has 0 amide bonds. The average Bonchev–Trinajstić information content (AvgIpc) is 2.94. The highest BCUT2D eigenvalue weighted by Gasteiger charge is 2.37. The SMILES string of the molecule is Cc1cccc2nc(Cn3c(C(F)(F)F)nc4ccccc43)cc(=O)n12. The van der Waals surface area contributed by atoms with Crippen LogP contribution in [0.15, 0.2) is 53.3 Å². The van der Waals surface area contributed by atoms with E-state index >= 15 is 0 Å². The van der Waals surface area contributed by atoms with E-state index in [-0.39, 0.29) is 23.3 Å². The van der Waals surface area contributed by atoms with Crippen LogP contribution in [0.4, 0.5) is 13.2 Å². The lowest BCUT2D eigenvalue weighted by Gasteiger charge is -2.12. The maximum absolute atomic E-state index is 13.4. The lowest BCUT2D eigenvalue weighted by Crippen LogP contribution is -2.20. The summed E-state index contributed by atoms with van der Waals surface area (Å²) in [5, 5.41) is 0. The van der Waals surface area contributed by atoms with Crippen LogP contribution in [-0.2, 0) is 12.7 Å². The van der Waals surface area contributed by atoms with E-state index < -0.39 is 12.0 Å². The lowest BCUT2D eigenvalue weighted by molar-refractivity contribution is -0.146. The zero-order valence-electron chi connectivity index (χ0n) is 13.7. The van der Waals surface area contributed by atoms with Crippen molar-refractivity contribution in [3.63, 3.8) is 0 Å². The number of imidazole rings is 1. The van der Waals surface area contributed by atoms with Gasteiger partial charge >= 0.3 is 6.18 Å². The molecule has 0 aliphatic rings. The molecule has 3 heterocycles. The summed E-state index contributed by atoms with van der Waals surface area (Å²) in [5.41, 5.74) is 1.59. The Balaban J connectivity index is 1.90. The summed E-state index contributed by atoms with van der Waals surface area (Å²) in [6.45, 7) is 1.57. The molecule has 0 unspecified atom stereocenters. The third-order valence-electron chi connectivity index (χ3n) is 4.16. The zero-order valence-corrected chi connectivity index (χ0v) is 13.7. The Bertz CT molecular complexity index is 1190. The second-order valence-electron chi connectivity index (χ2n) is 5.95. The molecule has 4 aromatic rings. The molecule has 1 aromatic carbocycles. The van der Waals surface area contributed by atoms with E-state index in [0.717, 1.165) is 4.57 Å². The van der Waals surface area contributed by atoms with E-state index in [1.54, 1.807) is 43.3 Å². The summed E-state index contributed by atoms with van der Waals surface area (Å²) in [6, 6.07) is 12.8. The summed E-state index contributed by atoms with van der Waals surface area (Å²) in [7, 11) is 0. The van der Waals surface area contributed by atoms with Crippen molar-refractivity contribution in [3.8, 4) is 0 Å². The number of rotatable bonds is 2. The monoisotopic (exact) mass is 358 g/mol. The van der Waals surface area contributed by atoms with Crippen LogP contribution in [0.2, 0.25) is 0 Å². The van der Waals surface area contributed by atoms with Crippen molar-refractivity contribution < 1.29 is 13.2 Å². The summed E-state index contributed by atoms with van der Waals surface area (Å²) < 4.78 is 42.7. The van der Waals surface area contributed by atoms with Gasteiger partial charge in [-0.05, 0) is 31.2 Å². The fraction of sp³-hybridized carbons (Fsp3) is 0.167. The van der Waals surface area contributed by atoms with E-state index in [9.17, 15) is 18.0 Å². The predicted octanol–water partition coefficient (Wildman–Crippen LogP) is 3.42. The molecule has 0 saturated heterocycles. The van der Waals surface area contributed by atoms with E-state index in [2.05, 4.69) is 9.97 Å². The Morgan fingerprint density at radius 3 is 2.58 bits per heavy atom. The maximum Gasteiger partial charge on any atom is 0.449 e. The third kappa shape index (κ3) is 2.63. The highest BCUT2D eigenvalue weighted by atomic mass is 19.4. The molecule has 0 atom stereocenters. The van der Waals surface area contributed by atoms with Crippen molar-refractivity contribution >= 4 is 16.7 Å². The number of benzene rings is 1. The van der Waals surface area contributed by atoms with Gasteiger partial charge in [-0.25, -0.2) is 9.97 Å². The van der Waals surface area contributed by atoms with Gasteiger partial charge in [0.2, 0.25) is 5.82 Å². The largest absolute Gasteiger partial charge is 0.449 e. The molecule has 0 fully saturated rings. The first-order chi connectivity index (χ1) is 12.3. The van der Waals surface area contributed by atoms with E-state index in [1.165, 1.54) is 16.5 Å². The highest BCUT2D eigenvalue weighted by molar-refractivity contribution is 5.76. The third-order valence-corrected chi connectivity index (χ3v) is 4.16. The van der Waals surface area contributed by atoms with Crippen molar-refractivity contribution in [1.82, 2.24) is 18.9 Å². The van der Waals surface area contributed by atoms with Gasteiger partial charge in [-0.15, -0.1) is 0 Å². The second kappa shape index (κ2) is 5.69. The van der Waals surface area contributed by atoms with Gasteiger partial charge in [0.25, 0.3) is 5.56 Å². The molecule has 26 heavy (non-hydrogen) atoms. The fourth-order valence-corrected chi connectivity index (χ4v) is 3.06. The molecule has 132 valence electrons. The molecule has 0 spiro atoms. The Hall–Kier alpha value is -3.16. The molecule has 0 radical (unpaired) electrons. The molecule has 5 nitrogen and oxygen atoms in total. The minimum absolute atomic E-state index is 0.199. The summed E-state index contributed by atoms with van der Waals surface area (Å²) in [6.07, 6.45) is -4.61. The smallest absolute Gasteiger partial charge is 0.314 e. The van der Waals surface area contributed by atoms with Gasteiger partial charge in [0.05, 0.1) is 23.3 Å². The molecule has 3 aromatic heterocycles. The van der Waals surface area contributed by atoms with Crippen molar-refractivity contribution in [3.05, 3.63) is 76.1 Å². The highest BCUT2D eigenvalue weighted by Crippen LogP contribution is 2.31. The minimum Gasteiger partial charge on any atom is -0.314 e. The molecule has 0 aliphatic carbocycles. The molecule has 0 N–H and O–H groups in total. The van der Waals surface area contributed by atoms with Crippen LogP contribution < -0.4 is 5.56 Å². The summed E-state index contributed by atoms with van der Waals surface area (Å²) in [5.74, 6) is -1.01. The number of aromatic nitrogens is 4. The quantitative estimate of drug-likeness (QED) is 0.552. The van der Waals surface area contributed by atoms with Crippen molar-refractivity contribution in [1.29, 1.82) is 0 Å². The normalized spacial score (nSPS) is 12.2. The van der Waals surface area contributed by atoms with Crippen LogP contribution in [0.25, 0.3) is 16.7 Å². The first-order valence-electron chi connectivity index (χ1n) is 7.85. The Morgan fingerprint density at radius 2 is 1.81 bits per heavy atom. The number of hydrogen-bond donors (Lipinski definition) is 0. The van der Waals surface area contributed by atoms with E-state index in [0.29, 0.717) is 16.9 Å². The number of hydrogen-bond acceptors (Lipinski definition) is 3. The molecule has 4 rings (SSSR count). The molecule has 0 saturated carbocycles. The van der Waals surface area contributed by atoms with Gasteiger partial charge in [0, 0.05) is 11.8 Å². The van der Waals surface area contributed by atoms with Gasteiger partial charge in [-0.2, -0.15) is 13.2 Å². The number of nitrogens with zero attached hydrogens (tertiary/aromatic N) is 4. The number of para-hydroxylation sites is 2. The van der Waals surface area contributed by atoms with Crippen LogP contribution in [0.1, 0.15) is 17.2 Å². The Labute approximate surface area is 145 Å². The Kier molecular flexibility index (Phi) is 3.57. The molecule has 0 bridgehead atoms. The zero-order chi connectivity index (χ0) is 18.5. The lowest BCUT2D eigenvalue weighted by atomic mass is 10.3. The summed E-state index contributed by atoms with van der Waals surface area (Å²) >= 11 is 0. The topological polar surface area (TPSA) is 52.2 Å². The molecule has 8 heteroatoms. The average molecular weight is 358 g/mol. The van der Waals surface area contributed by atoms with Crippen molar-refractivity contribution in [2.75, 3.05) is 0 Å². The first kappa shape index (κ1) is 16.3. The number of pyridine rings is 1. The Morgan fingerprint density at radius 1 is 1.04 bits per heavy atom. The number of fused-ring (bicyclic) bond motifs is 2. The van der Waals surface area contributed by atoms with Crippen LogP contribution >= 0.6 is 0 Å². The predicted molar refractivity (Wildman–Crippen MR) is 90.0 cm³/mol. The molecule has 0 aliphatic heterocycles. The van der Waals surface area contributed by atoms with Gasteiger partial charge in [-0.3, -0.25) is 9.20 Å². The van der Waals surface area contributed by atoms with Crippen molar-refractivity contribution in [2.24, 2.45) is 0 Å². The van der Waals surface area contributed by atoms with Crippen LogP contribution in [0.5, 0.6) is 0 Å². The van der Waals surface area contributed by atoms with Gasteiger partial charge in [0.15, 0.2) is 0 Å². The summed E-state index contributed by atoms with van der Waals surface area (Å²) in [4.78, 5) is 20.4. The van der Waals surface area contributed by atoms with Gasteiger partial charge in [-0.1, -0.05) is 18.2 Å². The molecular weight excluding hydrogens is 345 g/mol. The van der Waals surface area contributed by atoms with Crippen molar-refractivity contribution in [2.45, 2.75) is 19.6 Å². The van der Waals surface area contributed by atoms with Crippen LogP contribution in [-0.4, -0.2) is 18.9 Å². The van der Waals surface area contributed by atoms with Gasteiger partial charge in [0.1, 0.15) is 5.65 Å². The standard InChI is InChI=1S/C18H13F3N4O/c1-11-5-4-8-15-22-12(9-16(26)25(11)15)10-24-14-7-3-2-6-13(14)23-17(24)18(19,20)21/h2-9H,10H2,1H3. The van der Waals surface area contributed by atoms with Crippen LogP contribution in [0, 0.1) is 6.92 Å². The minimum atomic E-state index is -4.61. The second-order valence-corrected chi connectivity index (χ2v) is 5.95. The number of aryl methyl sites for hydroxylation is 1. The van der Waals surface area contributed by atoms with Crippen LogP contribution in [0.3, 0.4) is 0 Å². The van der Waals surface area contributed by atoms with E-state index in [1.807, 2.05) is 0 Å². The first-order valence-corrected chi connectivity index (χ1v) is 7.85. The molecular formula is C18H13F3N4O. The maximum atomic E-state index is 13.4. The number of halogens is 3. The fourth-order valence-electron chi connectivity index (χ4n) is 3.06. The number of alkyl halides is 3. The van der Waals surface area contributed by atoms with E-state index in [4.69, 9.17) is 0 Å². The van der Waals surface area contributed by atoms with Gasteiger partial charge < -0.3 is 4.57 Å².